The fourth-order valence-corrected chi connectivity index (χ4v) is 1.40. The molecule has 0 fully saturated rings. The molecule has 2 aromatic rings. The van der Waals surface area contributed by atoms with Crippen LogP contribution in [-0.2, 0) is 0 Å². The van der Waals surface area contributed by atoms with E-state index in [9.17, 15) is 0 Å². The Bertz CT molecular complexity index is 540. The lowest BCUT2D eigenvalue weighted by atomic mass is 10.4. The molecule has 0 aliphatic rings. The lowest BCUT2D eigenvalue weighted by Crippen LogP contribution is -2.03. The van der Waals surface area contributed by atoms with E-state index in [1.807, 2.05) is 6.07 Å². The predicted octanol–water partition coefficient (Wildman–Crippen LogP) is 0.879. The van der Waals surface area contributed by atoms with Gasteiger partial charge in [-0.25, -0.2) is 9.97 Å². The molecule has 0 saturated heterocycles. The van der Waals surface area contributed by atoms with Crippen LogP contribution in [0.25, 0.3) is 5.82 Å². The first-order valence-electron chi connectivity index (χ1n) is 3.94. The van der Waals surface area contributed by atoms with Crippen molar-refractivity contribution in [3.63, 3.8) is 0 Å². The number of hydrogen-bond acceptors (Lipinski definition) is 5. The minimum atomic E-state index is 0.0825. The highest BCUT2D eigenvalue weighted by Crippen LogP contribution is 2.18. The molecule has 0 atom stereocenters. The minimum Gasteiger partial charge on any atom is -0.396 e. The second-order valence-corrected chi connectivity index (χ2v) is 3.61. The van der Waals surface area contributed by atoms with Gasteiger partial charge in [0.15, 0.2) is 5.82 Å². The lowest BCUT2D eigenvalue weighted by molar-refractivity contribution is 0.842. The number of nitriles is 1. The molecule has 0 unspecified atom stereocenters. The number of hydrogen-bond donors (Lipinski definition) is 1. The monoisotopic (exact) mass is 264 g/mol. The molecule has 2 N–H and O–H groups in total. The zero-order valence-electron chi connectivity index (χ0n) is 7.42. The molecule has 6 nitrogen and oxygen atoms in total. The van der Waals surface area contributed by atoms with Crippen LogP contribution < -0.4 is 5.73 Å². The largest absolute Gasteiger partial charge is 0.396 e. The van der Waals surface area contributed by atoms with Gasteiger partial charge >= 0.3 is 0 Å². The van der Waals surface area contributed by atoms with E-state index in [-0.39, 0.29) is 5.82 Å². The van der Waals surface area contributed by atoms with Crippen LogP contribution in [0.1, 0.15) is 5.82 Å². The van der Waals surface area contributed by atoms with Crippen molar-refractivity contribution in [1.82, 2.24) is 19.7 Å². The molecule has 0 amide bonds. The zero-order valence-corrected chi connectivity index (χ0v) is 9.01. The Hall–Kier alpha value is -1.94. The summed E-state index contributed by atoms with van der Waals surface area (Å²) in [5.41, 5.74) is 6.20. The maximum atomic E-state index is 8.56. The molecule has 0 bridgehead atoms. The summed E-state index contributed by atoms with van der Waals surface area (Å²) >= 11 is 3.25. The maximum Gasteiger partial charge on any atom is 0.252 e. The van der Waals surface area contributed by atoms with E-state index in [4.69, 9.17) is 11.0 Å². The first kappa shape index (κ1) is 9.61. The average molecular weight is 265 g/mol. The average Bonchev–Trinajstić information content (AvgIpc) is 2.66. The van der Waals surface area contributed by atoms with Crippen LogP contribution in [-0.4, -0.2) is 19.7 Å². The van der Waals surface area contributed by atoms with E-state index in [1.165, 1.54) is 11.0 Å². The molecule has 0 aromatic carbocycles. The van der Waals surface area contributed by atoms with Crippen molar-refractivity contribution in [2.75, 3.05) is 5.73 Å². The molecule has 2 rings (SSSR count). The summed E-state index contributed by atoms with van der Waals surface area (Å²) in [5, 5.41) is 12.4. The lowest BCUT2D eigenvalue weighted by Gasteiger charge is -2.02. The number of aromatic nitrogens is 4. The van der Waals surface area contributed by atoms with Gasteiger partial charge in [0.2, 0.25) is 0 Å². The third kappa shape index (κ3) is 1.80. The first-order chi connectivity index (χ1) is 7.20. The quantitative estimate of drug-likeness (QED) is 0.825. The minimum absolute atomic E-state index is 0.0825. The fourth-order valence-electron chi connectivity index (χ4n) is 1.06. The van der Waals surface area contributed by atoms with E-state index < -0.39 is 0 Å². The van der Waals surface area contributed by atoms with E-state index in [2.05, 4.69) is 31.0 Å². The molecule has 0 aliphatic heterocycles. The fraction of sp³-hybridized carbons (Fsp3) is 0. The van der Waals surface area contributed by atoms with E-state index in [0.717, 1.165) is 4.47 Å². The Balaban J connectivity index is 2.50. The van der Waals surface area contributed by atoms with Gasteiger partial charge in [-0.1, -0.05) is 0 Å². The SMILES string of the molecule is N#Cc1ncn(-c2ncc(Br)cc2N)n1. The highest BCUT2D eigenvalue weighted by atomic mass is 79.9. The number of halogens is 1. The summed E-state index contributed by atoms with van der Waals surface area (Å²) in [6.45, 7) is 0. The maximum absolute atomic E-state index is 8.56. The Morgan fingerprint density at radius 1 is 1.47 bits per heavy atom. The van der Waals surface area contributed by atoms with Crippen LogP contribution >= 0.6 is 15.9 Å². The summed E-state index contributed by atoms with van der Waals surface area (Å²) in [6.07, 6.45) is 2.99. The van der Waals surface area contributed by atoms with Crippen molar-refractivity contribution in [2.24, 2.45) is 0 Å². The third-order valence-corrected chi connectivity index (χ3v) is 2.10. The zero-order chi connectivity index (χ0) is 10.8. The topological polar surface area (TPSA) is 93.4 Å². The van der Waals surface area contributed by atoms with Crippen LogP contribution in [0.2, 0.25) is 0 Å². The van der Waals surface area contributed by atoms with Crippen molar-refractivity contribution < 1.29 is 0 Å². The van der Waals surface area contributed by atoms with E-state index in [1.54, 1.807) is 12.3 Å². The third-order valence-electron chi connectivity index (χ3n) is 1.67. The van der Waals surface area contributed by atoms with Gasteiger partial charge in [-0.2, -0.15) is 9.94 Å². The number of nitrogens with two attached hydrogens (primary N) is 1. The highest BCUT2D eigenvalue weighted by Gasteiger charge is 2.06. The van der Waals surface area contributed by atoms with Crippen molar-refractivity contribution >= 4 is 21.6 Å². The second-order valence-electron chi connectivity index (χ2n) is 2.69. The number of nitrogens with zero attached hydrogens (tertiary/aromatic N) is 5. The molecular weight excluding hydrogens is 260 g/mol. The highest BCUT2D eigenvalue weighted by molar-refractivity contribution is 9.10. The molecule has 2 aromatic heterocycles. The van der Waals surface area contributed by atoms with Gasteiger partial charge in [0.1, 0.15) is 12.4 Å². The molecule has 7 heteroatoms. The number of rotatable bonds is 1. The standard InChI is InChI=1S/C8H5BrN6/c9-5-1-6(11)8(12-3-5)15-4-13-7(2-10)14-15/h1,3-4H,11H2. The molecule has 74 valence electrons. The normalized spacial score (nSPS) is 9.87. The van der Waals surface area contributed by atoms with Gasteiger partial charge < -0.3 is 5.73 Å². The predicted molar refractivity (Wildman–Crippen MR) is 56.0 cm³/mol. The van der Waals surface area contributed by atoms with Crippen LogP contribution in [0.4, 0.5) is 5.69 Å². The molecule has 2 heterocycles. The van der Waals surface area contributed by atoms with Crippen LogP contribution in [0, 0.1) is 11.3 Å². The van der Waals surface area contributed by atoms with Gasteiger partial charge in [0.25, 0.3) is 5.82 Å². The molecule has 0 radical (unpaired) electrons. The van der Waals surface area contributed by atoms with Crippen molar-refractivity contribution in [3.05, 3.63) is 28.9 Å². The Kier molecular flexibility index (Phi) is 2.35. The Labute approximate surface area is 93.5 Å². The van der Waals surface area contributed by atoms with Crippen LogP contribution in [0.15, 0.2) is 23.1 Å². The van der Waals surface area contributed by atoms with E-state index in [0.29, 0.717) is 11.5 Å². The smallest absolute Gasteiger partial charge is 0.252 e. The van der Waals surface area contributed by atoms with Crippen molar-refractivity contribution in [3.8, 4) is 11.9 Å². The van der Waals surface area contributed by atoms with Gasteiger partial charge in [-0.15, -0.1) is 5.10 Å². The van der Waals surface area contributed by atoms with Gasteiger partial charge in [0, 0.05) is 10.7 Å². The van der Waals surface area contributed by atoms with E-state index >= 15 is 0 Å². The molecule has 0 aliphatic carbocycles. The Morgan fingerprint density at radius 2 is 2.27 bits per heavy atom. The van der Waals surface area contributed by atoms with Crippen molar-refractivity contribution in [1.29, 1.82) is 5.26 Å². The number of anilines is 1. The first-order valence-corrected chi connectivity index (χ1v) is 4.73. The summed E-state index contributed by atoms with van der Waals surface area (Å²) in [4.78, 5) is 7.83. The molecule has 15 heavy (non-hydrogen) atoms. The molecule has 0 saturated carbocycles. The van der Waals surface area contributed by atoms with Crippen LogP contribution in [0.5, 0.6) is 0 Å². The molecular formula is C8H5BrN6. The second kappa shape index (κ2) is 3.67. The van der Waals surface area contributed by atoms with Gasteiger partial charge in [0.05, 0.1) is 5.69 Å². The Morgan fingerprint density at radius 3 is 2.87 bits per heavy atom. The summed E-state index contributed by atoms with van der Waals surface area (Å²) in [7, 11) is 0. The summed E-state index contributed by atoms with van der Waals surface area (Å²) in [5.74, 6) is 0.534. The van der Waals surface area contributed by atoms with Crippen molar-refractivity contribution in [2.45, 2.75) is 0 Å². The number of nitrogen functional groups attached to an aromatic ring is 1. The summed E-state index contributed by atoms with van der Waals surface area (Å²) in [6, 6.07) is 3.53. The van der Waals surface area contributed by atoms with Gasteiger partial charge in [-0.3, -0.25) is 0 Å². The number of pyridine rings is 1. The molecule has 0 spiro atoms. The van der Waals surface area contributed by atoms with Crippen LogP contribution in [0.3, 0.4) is 0 Å². The van der Waals surface area contributed by atoms with Gasteiger partial charge in [-0.05, 0) is 22.0 Å². The summed E-state index contributed by atoms with van der Waals surface area (Å²) < 4.78 is 2.14.